The van der Waals surface area contributed by atoms with Gasteiger partial charge in [-0.05, 0) is 25.7 Å². The third kappa shape index (κ3) is 2.15. The molecule has 0 aromatic carbocycles. The molecule has 72 valence electrons. The topological polar surface area (TPSA) is 32.6 Å². The van der Waals surface area contributed by atoms with Crippen LogP contribution in [0, 0.1) is 0 Å². The molecule has 2 nitrogen and oxygen atoms in total. The molecule has 0 aromatic rings. The number of aliphatic hydroxyl groups is 1. The Bertz CT molecular complexity index is 247. The van der Waals surface area contributed by atoms with Crippen LogP contribution in [0.25, 0.3) is 0 Å². The van der Waals surface area contributed by atoms with Gasteiger partial charge in [0.1, 0.15) is 0 Å². The second kappa shape index (κ2) is 4.29. The van der Waals surface area contributed by atoms with Gasteiger partial charge in [0.05, 0.1) is 6.61 Å². The van der Waals surface area contributed by atoms with E-state index in [0.29, 0.717) is 5.25 Å². The van der Waals surface area contributed by atoms with Crippen molar-refractivity contribution in [2.75, 3.05) is 13.2 Å². The van der Waals surface area contributed by atoms with Crippen molar-refractivity contribution in [2.24, 2.45) is 4.99 Å². The van der Waals surface area contributed by atoms with Crippen LogP contribution in [-0.4, -0.2) is 29.2 Å². The average molecular weight is 197 g/mol. The van der Waals surface area contributed by atoms with E-state index < -0.39 is 0 Å². The monoisotopic (exact) mass is 197 g/mol. The Morgan fingerprint density at radius 2 is 2.46 bits per heavy atom. The third-order valence-electron chi connectivity index (χ3n) is 2.47. The molecule has 0 aromatic heterocycles. The minimum Gasteiger partial charge on any atom is -0.395 e. The summed E-state index contributed by atoms with van der Waals surface area (Å²) in [4.78, 5) is 5.86. The lowest BCUT2D eigenvalue weighted by Crippen LogP contribution is -2.08. The van der Waals surface area contributed by atoms with Crippen LogP contribution in [0.15, 0.2) is 16.0 Å². The van der Waals surface area contributed by atoms with Crippen LogP contribution in [0.2, 0.25) is 0 Å². The van der Waals surface area contributed by atoms with E-state index in [1.165, 1.54) is 23.5 Å². The van der Waals surface area contributed by atoms with Crippen molar-refractivity contribution in [2.45, 2.75) is 30.9 Å². The highest BCUT2D eigenvalue weighted by Gasteiger charge is 2.21. The highest BCUT2D eigenvalue weighted by molar-refractivity contribution is 8.04. The predicted octanol–water partition coefficient (Wildman–Crippen LogP) is 1.99. The molecule has 0 aliphatic carbocycles. The Kier molecular flexibility index (Phi) is 3.06. The molecule has 0 fully saturated rings. The molecule has 3 heteroatoms. The fourth-order valence-corrected chi connectivity index (χ4v) is 2.83. The molecule has 1 atom stereocenters. The Morgan fingerprint density at radius 3 is 3.08 bits per heavy atom. The van der Waals surface area contributed by atoms with Crippen molar-refractivity contribution in [1.29, 1.82) is 0 Å². The summed E-state index contributed by atoms with van der Waals surface area (Å²) in [6.07, 6.45) is 6.90. The van der Waals surface area contributed by atoms with Crippen molar-refractivity contribution in [3.63, 3.8) is 0 Å². The van der Waals surface area contributed by atoms with Gasteiger partial charge in [0, 0.05) is 22.4 Å². The van der Waals surface area contributed by atoms with Crippen molar-refractivity contribution in [1.82, 2.24) is 0 Å². The maximum Gasteiger partial charge on any atom is 0.0556 e. The summed E-state index contributed by atoms with van der Waals surface area (Å²) in [7, 11) is 0. The molecule has 2 aliphatic rings. The summed E-state index contributed by atoms with van der Waals surface area (Å²) in [6.45, 7) is 1.29. The fraction of sp³-hybridized carbons (Fsp3) is 0.700. The van der Waals surface area contributed by atoms with Crippen LogP contribution in [-0.2, 0) is 0 Å². The third-order valence-corrected chi connectivity index (χ3v) is 3.80. The number of aliphatic hydroxyl groups excluding tert-OH is 1. The van der Waals surface area contributed by atoms with Crippen molar-refractivity contribution < 1.29 is 5.11 Å². The molecule has 1 unspecified atom stereocenters. The van der Waals surface area contributed by atoms with E-state index in [0.717, 1.165) is 19.4 Å². The second-order valence-electron chi connectivity index (χ2n) is 3.51. The van der Waals surface area contributed by atoms with Gasteiger partial charge in [0.15, 0.2) is 0 Å². The molecule has 1 N–H and O–H groups in total. The van der Waals surface area contributed by atoms with Crippen LogP contribution in [0.5, 0.6) is 0 Å². The molecule has 0 saturated carbocycles. The molecule has 0 radical (unpaired) electrons. The largest absolute Gasteiger partial charge is 0.395 e. The smallest absolute Gasteiger partial charge is 0.0556 e. The number of rotatable bonds is 2. The first-order valence-corrected chi connectivity index (χ1v) is 5.79. The number of hydrogen-bond donors (Lipinski definition) is 1. The Labute approximate surface area is 83.1 Å². The minimum atomic E-state index is 0.290. The zero-order chi connectivity index (χ0) is 9.10. The van der Waals surface area contributed by atoms with E-state index in [2.05, 4.69) is 11.1 Å². The van der Waals surface area contributed by atoms with Crippen molar-refractivity contribution in [3.8, 4) is 0 Å². The number of nitrogens with zero attached hydrogens (tertiary/aromatic N) is 1. The van der Waals surface area contributed by atoms with Crippen molar-refractivity contribution in [3.05, 3.63) is 11.0 Å². The summed E-state index contributed by atoms with van der Waals surface area (Å²) in [6, 6.07) is 0. The standard InChI is InChI=1S/C10H15NOS/c12-7-8-4-5-10(13-8)9-3-1-2-6-11-9/h5,8,12H,1-4,6-7H2. The maximum atomic E-state index is 8.99. The first kappa shape index (κ1) is 9.28. The van der Waals surface area contributed by atoms with Gasteiger partial charge >= 0.3 is 0 Å². The summed E-state index contributed by atoms with van der Waals surface area (Å²) < 4.78 is 0. The van der Waals surface area contributed by atoms with Gasteiger partial charge in [-0.25, -0.2) is 0 Å². The number of thioether (sulfide) groups is 1. The first-order valence-electron chi connectivity index (χ1n) is 4.91. The second-order valence-corrected chi connectivity index (χ2v) is 4.85. The van der Waals surface area contributed by atoms with E-state index >= 15 is 0 Å². The van der Waals surface area contributed by atoms with Crippen LogP contribution in [0.3, 0.4) is 0 Å². The van der Waals surface area contributed by atoms with Crippen LogP contribution < -0.4 is 0 Å². The van der Waals surface area contributed by atoms with E-state index in [4.69, 9.17) is 5.11 Å². The van der Waals surface area contributed by atoms with Gasteiger partial charge in [-0.2, -0.15) is 0 Å². The van der Waals surface area contributed by atoms with Crippen LogP contribution >= 0.6 is 11.8 Å². The van der Waals surface area contributed by atoms with Gasteiger partial charge in [-0.15, -0.1) is 11.8 Å². The molecule has 0 bridgehead atoms. The van der Waals surface area contributed by atoms with Gasteiger partial charge in [-0.1, -0.05) is 6.08 Å². The van der Waals surface area contributed by atoms with Gasteiger partial charge in [0.2, 0.25) is 0 Å². The molecular weight excluding hydrogens is 182 g/mol. The van der Waals surface area contributed by atoms with Crippen LogP contribution in [0.1, 0.15) is 25.7 Å². The fourth-order valence-electron chi connectivity index (χ4n) is 1.71. The quantitative estimate of drug-likeness (QED) is 0.734. The lowest BCUT2D eigenvalue weighted by molar-refractivity contribution is 0.296. The number of aliphatic imine (C=N–C) groups is 1. The summed E-state index contributed by atoms with van der Waals surface area (Å²) >= 11 is 1.80. The van der Waals surface area contributed by atoms with E-state index in [9.17, 15) is 0 Å². The zero-order valence-electron chi connectivity index (χ0n) is 7.70. The molecule has 0 saturated heterocycles. The summed E-state index contributed by atoms with van der Waals surface area (Å²) in [5.74, 6) is 0. The zero-order valence-corrected chi connectivity index (χ0v) is 8.52. The molecule has 13 heavy (non-hydrogen) atoms. The minimum absolute atomic E-state index is 0.290. The molecule has 0 amide bonds. The summed E-state index contributed by atoms with van der Waals surface area (Å²) in [5, 5.41) is 9.38. The van der Waals surface area contributed by atoms with Gasteiger partial charge < -0.3 is 5.11 Å². The van der Waals surface area contributed by atoms with Crippen molar-refractivity contribution >= 4 is 17.5 Å². The summed E-state index contributed by atoms with van der Waals surface area (Å²) in [5.41, 5.74) is 1.28. The number of hydrogen-bond acceptors (Lipinski definition) is 3. The molecule has 0 spiro atoms. The lowest BCUT2D eigenvalue weighted by Gasteiger charge is -2.13. The highest BCUT2D eigenvalue weighted by Crippen LogP contribution is 2.34. The Morgan fingerprint density at radius 1 is 1.54 bits per heavy atom. The van der Waals surface area contributed by atoms with Gasteiger partial charge in [-0.3, -0.25) is 4.99 Å². The molecule has 2 heterocycles. The van der Waals surface area contributed by atoms with E-state index in [1.807, 2.05) is 0 Å². The Hall–Kier alpha value is -0.280. The normalized spacial score (nSPS) is 28.5. The molecule has 2 rings (SSSR count). The predicted molar refractivity (Wildman–Crippen MR) is 57.3 cm³/mol. The highest BCUT2D eigenvalue weighted by atomic mass is 32.2. The maximum absolute atomic E-state index is 8.99. The SMILES string of the molecule is OCC1CC=C(C2=NCCCC2)S1. The first-order chi connectivity index (χ1) is 6.40. The molecular formula is C10H15NOS. The number of allylic oxidation sites excluding steroid dienone is 2. The molecule has 2 aliphatic heterocycles. The Balaban J connectivity index is 1.98. The average Bonchev–Trinajstić information content (AvgIpc) is 2.67. The van der Waals surface area contributed by atoms with Crippen LogP contribution in [0.4, 0.5) is 0 Å². The van der Waals surface area contributed by atoms with E-state index in [-0.39, 0.29) is 6.61 Å². The van der Waals surface area contributed by atoms with Gasteiger partial charge in [0.25, 0.3) is 0 Å². The van der Waals surface area contributed by atoms with E-state index in [1.54, 1.807) is 11.8 Å². The lowest BCUT2D eigenvalue weighted by atomic mass is 10.1.